The van der Waals surface area contributed by atoms with E-state index < -0.39 is 0 Å². The van der Waals surface area contributed by atoms with Gasteiger partial charge in [-0.3, -0.25) is 4.99 Å². The number of hydrogen-bond acceptors (Lipinski definition) is 2. The zero-order chi connectivity index (χ0) is 18.2. The standard InChI is InChI=1S/C19H28FN5.HI/c1-14-7-8-17(13-18(14)20)15(2)24-19(21-4)23-9-5-6-11-25-12-10-22-16(25)3;/h7-8,10,12-13,15H,5-6,9,11H2,1-4H3,(H2,21,23,24);1H. The van der Waals surface area contributed by atoms with Crippen molar-refractivity contribution in [2.75, 3.05) is 13.6 Å². The number of rotatable bonds is 7. The highest BCUT2D eigenvalue weighted by atomic mass is 127. The van der Waals surface area contributed by atoms with Crippen LogP contribution in [0.5, 0.6) is 0 Å². The van der Waals surface area contributed by atoms with Gasteiger partial charge in [-0.2, -0.15) is 0 Å². The second-order valence-electron chi connectivity index (χ2n) is 6.25. The summed E-state index contributed by atoms with van der Waals surface area (Å²) in [6.07, 6.45) is 5.94. The molecule has 1 atom stereocenters. The summed E-state index contributed by atoms with van der Waals surface area (Å²) < 4.78 is 15.9. The van der Waals surface area contributed by atoms with Crippen molar-refractivity contribution in [1.29, 1.82) is 0 Å². The third-order valence-corrected chi connectivity index (χ3v) is 4.31. The molecule has 0 saturated heterocycles. The largest absolute Gasteiger partial charge is 0.356 e. The molecule has 0 aliphatic carbocycles. The number of aliphatic imine (C=N–C) groups is 1. The first-order valence-electron chi connectivity index (χ1n) is 8.72. The summed E-state index contributed by atoms with van der Waals surface area (Å²) in [4.78, 5) is 8.46. The average molecular weight is 473 g/mol. The lowest BCUT2D eigenvalue weighted by atomic mass is 10.1. The number of imidazole rings is 1. The summed E-state index contributed by atoms with van der Waals surface area (Å²) in [6.45, 7) is 7.59. The molecule has 26 heavy (non-hydrogen) atoms. The van der Waals surface area contributed by atoms with E-state index in [2.05, 4.69) is 25.2 Å². The number of halogens is 2. The van der Waals surface area contributed by atoms with Gasteiger partial charge in [-0.05, 0) is 50.8 Å². The number of aromatic nitrogens is 2. The Morgan fingerprint density at radius 1 is 1.31 bits per heavy atom. The maximum Gasteiger partial charge on any atom is 0.191 e. The molecule has 1 heterocycles. The van der Waals surface area contributed by atoms with Gasteiger partial charge in [0.15, 0.2) is 5.96 Å². The Labute approximate surface area is 172 Å². The van der Waals surface area contributed by atoms with Gasteiger partial charge in [0.1, 0.15) is 11.6 Å². The van der Waals surface area contributed by atoms with Crippen molar-refractivity contribution in [3.8, 4) is 0 Å². The topological polar surface area (TPSA) is 54.2 Å². The number of aryl methyl sites for hydroxylation is 3. The van der Waals surface area contributed by atoms with Crippen LogP contribution in [0.4, 0.5) is 4.39 Å². The monoisotopic (exact) mass is 473 g/mol. The Morgan fingerprint density at radius 2 is 2.08 bits per heavy atom. The predicted molar refractivity (Wildman–Crippen MR) is 116 cm³/mol. The number of unbranched alkanes of at least 4 members (excludes halogenated alkanes) is 1. The molecule has 2 N–H and O–H groups in total. The Hall–Kier alpha value is -1.64. The normalized spacial score (nSPS) is 12.4. The summed E-state index contributed by atoms with van der Waals surface area (Å²) in [5, 5.41) is 6.61. The van der Waals surface area contributed by atoms with Crippen LogP contribution in [-0.2, 0) is 6.54 Å². The van der Waals surface area contributed by atoms with Gasteiger partial charge in [0.25, 0.3) is 0 Å². The first-order chi connectivity index (χ1) is 12.0. The SMILES string of the molecule is CN=C(NCCCCn1ccnc1C)NC(C)c1ccc(C)c(F)c1.I. The lowest BCUT2D eigenvalue weighted by molar-refractivity contribution is 0.583. The zero-order valence-corrected chi connectivity index (χ0v) is 18.3. The molecule has 0 amide bonds. The Kier molecular flexibility index (Phi) is 9.61. The fourth-order valence-corrected chi connectivity index (χ4v) is 2.62. The van der Waals surface area contributed by atoms with Crippen molar-refractivity contribution in [3.63, 3.8) is 0 Å². The first-order valence-corrected chi connectivity index (χ1v) is 8.72. The quantitative estimate of drug-likeness (QED) is 0.277. The highest BCUT2D eigenvalue weighted by Gasteiger charge is 2.09. The third kappa shape index (κ3) is 6.59. The molecule has 144 valence electrons. The van der Waals surface area contributed by atoms with Crippen molar-refractivity contribution >= 4 is 29.9 Å². The number of benzene rings is 1. The molecule has 1 unspecified atom stereocenters. The van der Waals surface area contributed by atoms with E-state index in [0.717, 1.165) is 43.3 Å². The van der Waals surface area contributed by atoms with Crippen LogP contribution in [0.15, 0.2) is 35.6 Å². The van der Waals surface area contributed by atoms with Crippen molar-refractivity contribution in [3.05, 3.63) is 53.4 Å². The van der Waals surface area contributed by atoms with E-state index in [0.29, 0.717) is 5.56 Å². The lowest BCUT2D eigenvalue weighted by Gasteiger charge is -2.18. The maximum atomic E-state index is 13.7. The summed E-state index contributed by atoms with van der Waals surface area (Å²) in [6, 6.07) is 5.30. The molecule has 0 saturated carbocycles. The van der Waals surface area contributed by atoms with Crippen LogP contribution in [0.3, 0.4) is 0 Å². The number of nitrogens with one attached hydrogen (secondary N) is 2. The molecular formula is C19H29FIN5. The van der Waals surface area contributed by atoms with Crippen LogP contribution in [0.1, 0.15) is 42.8 Å². The zero-order valence-electron chi connectivity index (χ0n) is 15.9. The molecular weight excluding hydrogens is 444 g/mol. The molecule has 0 aliphatic heterocycles. The molecule has 0 radical (unpaired) electrons. The van der Waals surface area contributed by atoms with E-state index in [9.17, 15) is 4.39 Å². The van der Waals surface area contributed by atoms with Crippen LogP contribution in [0, 0.1) is 19.7 Å². The summed E-state index contributed by atoms with van der Waals surface area (Å²) in [5.41, 5.74) is 1.56. The molecule has 0 aliphatic rings. The van der Waals surface area contributed by atoms with Gasteiger partial charge in [0.2, 0.25) is 0 Å². The van der Waals surface area contributed by atoms with Gasteiger partial charge in [0, 0.05) is 32.5 Å². The number of nitrogens with zero attached hydrogens (tertiary/aromatic N) is 3. The van der Waals surface area contributed by atoms with Gasteiger partial charge < -0.3 is 15.2 Å². The minimum absolute atomic E-state index is 0. The van der Waals surface area contributed by atoms with Crippen molar-refractivity contribution < 1.29 is 4.39 Å². The Morgan fingerprint density at radius 3 is 2.69 bits per heavy atom. The van der Waals surface area contributed by atoms with Crippen LogP contribution in [0.25, 0.3) is 0 Å². The minimum atomic E-state index is -0.177. The molecule has 0 bridgehead atoms. The highest BCUT2D eigenvalue weighted by Crippen LogP contribution is 2.16. The molecule has 1 aromatic heterocycles. The van der Waals surface area contributed by atoms with E-state index in [1.54, 1.807) is 26.1 Å². The number of hydrogen-bond donors (Lipinski definition) is 2. The fourth-order valence-electron chi connectivity index (χ4n) is 2.62. The number of guanidine groups is 1. The van der Waals surface area contributed by atoms with Crippen LogP contribution in [-0.4, -0.2) is 29.1 Å². The van der Waals surface area contributed by atoms with E-state index in [1.165, 1.54) is 0 Å². The van der Waals surface area contributed by atoms with Gasteiger partial charge in [-0.1, -0.05) is 12.1 Å². The van der Waals surface area contributed by atoms with E-state index in [1.807, 2.05) is 32.3 Å². The fraction of sp³-hybridized carbons (Fsp3) is 0.474. The molecule has 1 aromatic carbocycles. The summed E-state index contributed by atoms with van der Waals surface area (Å²) in [7, 11) is 1.74. The van der Waals surface area contributed by atoms with Crippen LogP contribution >= 0.6 is 24.0 Å². The Balaban J connectivity index is 0.00000338. The molecule has 5 nitrogen and oxygen atoms in total. The summed E-state index contributed by atoms with van der Waals surface area (Å²) >= 11 is 0. The smallest absolute Gasteiger partial charge is 0.191 e. The van der Waals surface area contributed by atoms with Crippen molar-refractivity contribution in [2.24, 2.45) is 4.99 Å². The molecule has 2 aromatic rings. The molecule has 2 rings (SSSR count). The van der Waals surface area contributed by atoms with Crippen molar-refractivity contribution in [2.45, 2.75) is 46.2 Å². The molecule has 7 heteroatoms. The second-order valence-corrected chi connectivity index (χ2v) is 6.25. The third-order valence-electron chi connectivity index (χ3n) is 4.31. The van der Waals surface area contributed by atoms with Gasteiger partial charge in [0.05, 0.1) is 6.04 Å². The van der Waals surface area contributed by atoms with Gasteiger partial charge >= 0.3 is 0 Å². The van der Waals surface area contributed by atoms with E-state index >= 15 is 0 Å². The second kappa shape index (κ2) is 11.2. The van der Waals surface area contributed by atoms with Gasteiger partial charge in [-0.25, -0.2) is 9.37 Å². The molecule has 0 fully saturated rings. The first kappa shape index (κ1) is 22.4. The van der Waals surface area contributed by atoms with Crippen molar-refractivity contribution in [1.82, 2.24) is 20.2 Å². The van der Waals surface area contributed by atoms with E-state index in [4.69, 9.17) is 0 Å². The minimum Gasteiger partial charge on any atom is -0.356 e. The van der Waals surface area contributed by atoms with Crippen LogP contribution < -0.4 is 10.6 Å². The van der Waals surface area contributed by atoms with Gasteiger partial charge in [-0.15, -0.1) is 24.0 Å². The highest BCUT2D eigenvalue weighted by molar-refractivity contribution is 14.0. The average Bonchev–Trinajstić information content (AvgIpc) is 3.00. The Bertz CT molecular complexity index is 714. The van der Waals surface area contributed by atoms with Crippen LogP contribution in [0.2, 0.25) is 0 Å². The summed E-state index contributed by atoms with van der Waals surface area (Å²) in [5.74, 6) is 1.60. The predicted octanol–water partition coefficient (Wildman–Crippen LogP) is 3.96. The maximum absolute atomic E-state index is 13.7. The van der Waals surface area contributed by atoms with E-state index in [-0.39, 0.29) is 35.8 Å². The lowest BCUT2D eigenvalue weighted by Crippen LogP contribution is -2.39. The molecule has 0 spiro atoms.